The molecule has 1 rings (SSSR count). The van der Waals surface area contributed by atoms with Gasteiger partial charge in [-0.05, 0) is 13.0 Å². The van der Waals surface area contributed by atoms with E-state index < -0.39 is 18.0 Å². The lowest BCUT2D eigenvalue weighted by molar-refractivity contribution is -0.144. The first-order valence-corrected chi connectivity index (χ1v) is 6.90. The molecule has 7 heteroatoms. The number of rotatable bonds is 7. The predicted octanol–water partition coefficient (Wildman–Crippen LogP) is 1.19. The van der Waals surface area contributed by atoms with Crippen molar-refractivity contribution in [3.63, 3.8) is 0 Å². The lowest BCUT2D eigenvalue weighted by atomic mass is 10.3. The first kappa shape index (κ1) is 15.6. The number of carbonyl (C=O) groups excluding carboxylic acids is 2. The van der Waals surface area contributed by atoms with Crippen molar-refractivity contribution >= 4 is 23.7 Å². The van der Waals surface area contributed by atoms with Crippen LogP contribution in [-0.2, 0) is 20.0 Å². The number of hydrogen-bond donors (Lipinski definition) is 1. The Bertz CT molecular complexity index is 432. The van der Waals surface area contributed by atoms with Crippen LogP contribution in [0.15, 0.2) is 16.7 Å². The fourth-order valence-electron chi connectivity index (χ4n) is 1.34. The second-order valence-electron chi connectivity index (χ2n) is 3.62. The fraction of sp³-hybridized carbons (Fsp3) is 0.500. The second kappa shape index (κ2) is 7.85. The van der Waals surface area contributed by atoms with E-state index in [1.54, 1.807) is 13.0 Å². The maximum absolute atomic E-state index is 11.4. The van der Waals surface area contributed by atoms with Crippen molar-refractivity contribution in [2.24, 2.45) is 5.73 Å². The highest BCUT2D eigenvalue weighted by Gasteiger charge is 2.17. The first-order valence-electron chi connectivity index (χ1n) is 5.74. The highest BCUT2D eigenvalue weighted by Crippen LogP contribution is 2.19. The molecule has 1 aromatic heterocycles. The molecule has 1 atom stereocenters. The number of furan rings is 1. The van der Waals surface area contributed by atoms with Crippen LogP contribution in [0.5, 0.6) is 0 Å². The van der Waals surface area contributed by atoms with Crippen LogP contribution in [0.1, 0.15) is 23.0 Å². The lowest BCUT2D eigenvalue weighted by Crippen LogP contribution is -2.34. The predicted molar refractivity (Wildman–Crippen MR) is 70.8 cm³/mol. The van der Waals surface area contributed by atoms with Gasteiger partial charge in [0.05, 0.1) is 25.7 Å². The largest absolute Gasteiger partial charge is 0.468 e. The van der Waals surface area contributed by atoms with Gasteiger partial charge in [-0.3, -0.25) is 4.79 Å². The van der Waals surface area contributed by atoms with Gasteiger partial charge in [0.15, 0.2) is 0 Å². The zero-order valence-electron chi connectivity index (χ0n) is 10.9. The summed E-state index contributed by atoms with van der Waals surface area (Å²) < 4.78 is 14.6. The third kappa shape index (κ3) is 4.60. The molecule has 0 aliphatic carbocycles. The van der Waals surface area contributed by atoms with Crippen LogP contribution in [0.4, 0.5) is 0 Å². The van der Waals surface area contributed by atoms with Gasteiger partial charge in [-0.2, -0.15) is 11.8 Å². The van der Waals surface area contributed by atoms with E-state index in [0.29, 0.717) is 29.4 Å². The average molecular weight is 287 g/mol. The molecular weight excluding hydrogens is 270 g/mol. The van der Waals surface area contributed by atoms with E-state index in [0.717, 1.165) is 0 Å². The maximum atomic E-state index is 11.4. The van der Waals surface area contributed by atoms with Crippen molar-refractivity contribution in [3.05, 3.63) is 23.7 Å². The Morgan fingerprint density at radius 3 is 2.89 bits per heavy atom. The molecule has 0 radical (unpaired) electrons. The molecule has 106 valence electrons. The molecule has 1 aromatic rings. The summed E-state index contributed by atoms with van der Waals surface area (Å²) in [7, 11) is 1.31. The highest BCUT2D eigenvalue weighted by atomic mass is 32.2. The Morgan fingerprint density at radius 1 is 1.53 bits per heavy atom. The molecule has 6 nitrogen and oxygen atoms in total. The van der Waals surface area contributed by atoms with Crippen molar-refractivity contribution in [2.45, 2.75) is 18.7 Å². The van der Waals surface area contributed by atoms with Crippen LogP contribution < -0.4 is 5.73 Å². The molecule has 0 fully saturated rings. The van der Waals surface area contributed by atoms with E-state index in [9.17, 15) is 9.59 Å². The minimum absolute atomic E-state index is 0.307. The van der Waals surface area contributed by atoms with E-state index in [-0.39, 0.29) is 0 Å². The normalized spacial score (nSPS) is 11.9. The van der Waals surface area contributed by atoms with Gasteiger partial charge in [-0.1, -0.05) is 0 Å². The van der Waals surface area contributed by atoms with Crippen LogP contribution >= 0.6 is 11.8 Å². The summed E-state index contributed by atoms with van der Waals surface area (Å²) >= 11 is 1.39. The number of thioether (sulfide) groups is 1. The topological polar surface area (TPSA) is 91.8 Å². The summed E-state index contributed by atoms with van der Waals surface area (Å²) in [6.07, 6.45) is 1.42. The molecule has 0 saturated carbocycles. The average Bonchev–Trinajstić information content (AvgIpc) is 2.86. The second-order valence-corrected chi connectivity index (χ2v) is 4.65. The van der Waals surface area contributed by atoms with Gasteiger partial charge in [0.25, 0.3) is 0 Å². The van der Waals surface area contributed by atoms with Gasteiger partial charge < -0.3 is 19.6 Å². The van der Waals surface area contributed by atoms with Gasteiger partial charge in [0.1, 0.15) is 17.4 Å². The number of methoxy groups -OCH3 is 1. The van der Waals surface area contributed by atoms with Crippen molar-refractivity contribution in [3.8, 4) is 0 Å². The van der Waals surface area contributed by atoms with Crippen LogP contribution in [0.3, 0.4) is 0 Å². The van der Waals surface area contributed by atoms with Crippen molar-refractivity contribution in [1.82, 2.24) is 0 Å². The van der Waals surface area contributed by atoms with Gasteiger partial charge in [-0.25, -0.2) is 4.79 Å². The van der Waals surface area contributed by atoms with E-state index in [1.165, 1.54) is 25.1 Å². The number of carbonyl (C=O) groups is 2. The minimum Gasteiger partial charge on any atom is -0.468 e. The number of ether oxygens (including phenoxy) is 2. The molecule has 0 spiro atoms. The van der Waals surface area contributed by atoms with Crippen molar-refractivity contribution < 1.29 is 23.5 Å². The summed E-state index contributed by atoms with van der Waals surface area (Å²) in [6.45, 7) is 2.03. The van der Waals surface area contributed by atoms with Gasteiger partial charge in [-0.15, -0.1) is 0 Å². The third-order valence-corrected chi connectivity index (χ3v) is 3.33. The fourth-order valence-corrected chi connectivity index (χ4v) is 2.26. The molecular formula is C12H17NO5S. The number of esters is 2. The van der Waals surface area contributed by atoms with E-state index in [2.05, 4.69) is 4.74 Å². The Morgan fingerprint density at radius 2 is 2.26 bits per heavy atom. The molecule has 19 heavy (non-hydrogen) atoms. The molecule has 0 saturated heterocycles. The summed E-state index contributed by atoms with van der Waals surface area (Å²) in [5.74, 6) is 0.458. The first-order chi connectivity index (χ1) is 9.10. The molecule has 0 aliphatic heterocycles. The maximum Gasteiger partial charge on any atom is 0.341 e. The lowest BCUT2D eigenvalue weighted by Gasteiger charge is -2.09. The van der Waals surface area contributed by atoms with E-state index in [1.807, 2.05) is 0 Å². The zero-order valence-corrected chi connectivity index (χ0v) is 11.7. The summed E-state index contributed by atoms with van der Waals surface area (Å²) in [4.78, 5) is 22.7. The Labute approximate surface area is 115 Å². The van der Waals surface area contributed by atoms with Gasteiger partial charge in [0, 0.05) is 5.75 Å². The summed E-state index contributed by atoms with van der Waals surface area (Å²) in [6, 6.07) is 0.869. The Kier molecular flexibility index (Phi) is 6.44. The Balaban J connectivity index is 2.43. The van der Waals surface area contributed by atoms with E-state index in [4.69, 9.17) is 14.9 Å². The molecule has 0 aliphatic rings. The smallest absolute Gasteiger partial charge is 0.341 e. The summed E-state index contributed by atoms with van der Waals surface area (Å²) in [5, 5.41) is 0. The number of nitrogens with two attached hydrogens (primary N) is 1. The molecule has 1 unspecified atom stereocenters. The van der Waals surface area contributed by atoms with Crippen molar-refractivity contribution in [2.75, 3.05) is 19.5 Å². The van der Waals surface area contributed by atoms with Gasteiger partial charge in [0.2, 0.25) is 0 Å². The molecule has 2 N–H and O–H groups in total. The van der Waals surface area contributed by atoms with Crippen LogP contribution in [0.2, 0.25) is 0 Å². The zero-order chi connectivity index (χ0) is 14.3. The third-order valence-electron chi connectivity index (χ3n) is 2.27. The van der Waals surface area contributed by atoms with Crippen LogP contribution in [-0.4, -0.2) is 37.4 Å². The molecule has 1 heterocycles. The molecule has 0 aromatic carbocycles. The van der Waals surface area contributed by atoms with E-state index >= 15 is 0 Å². The van der Waals surface area contributed by atoms with Crippen LogP contribution in [0, 0.1) is 0 Å². The van der Waals surface area contributed by atoms with Crippen molar-refractivity contribution in [1.29, 1.82) is 0 Å². The quantitative estimate of drug-likeness (QED) is 0.753. The molecule has 0 bridgehead atoms. The Hall–Kier alpha value is -1.47. The monoisotopic (exact) mass is 287 g/mol. The SMILES string of the molecule is CCOC(=O)C(N)CSCc1occc1C(=O)OC. The van der Waals surface area contributed by atoms with Gasteiger partial charge >= 0.3 is 11.9 Å². The number of hydrogen-bond acceptors (Lipinski definition) is 7. The summed E-state index contributed by atoms with van der Waals surface area (Å²) in [5.41, 5.74) is 6.04. The minimum atomic E-state index is -0.679. The van der Waals surface area contributed by atoms with Crippen LogP contribution in [0.25, 0.3) is 0 Å². The standard InChI is InChI=1S/C12H17NO5S/c1-3-17-12(15)9(13)6-19-7-10-8(4-5-18-10)11(14)16-2/h4-5,9H,3,6-7,13H2,1-2H3. The molecule has 0 amide bonds. The highest BCUT2D eigenvalue weighted by molar-refractivity contribution is 7.98.